The van der Waals surface area contributed by atoms with E-state index in [-0.39, 0.29) is 0 Å². The summed E-state index contributed by atoms with van der Waals surface area (Å²) in [7, 11) is 0. The van der Waals surface area contributed by atoms with E-state index in [1.807, 2.05) is 18.9 Å². The largest absolute Gasteiger partial charge is 0.242 e. The molecule has 0 spiro atoms. The molecule has 1 rings (SSSR count). The number of anilines is 1. The third-order valence-electron chi connectivity index (χ3n) is 3.09. The molecule has 20 heavy (non-hydrogen) atoms. The van der Waals surface area contributed by atoms with Crippen LogP contribution >= 0.6 is 0 Å². The first-order valence-corrected chi connectivity index (χ1v) is 7.79. The van der Waals surface area contributed by atoms with Crippen LogP contribution in [0.4, 0.5) is 5.69 Å². The van der Waals surface area contributed by atoms with Gasteiger partial charge in [0.2, 0.25) is 0 Å². The summed E-state index contributed by atoms with van der Waals surface area (Å²) in [5.74, 6) is 0. The minimum Gasteiger partial charge on any atom is -0.242 e. The van der Waals surface area contributed by atoms with Gasteiger partial charge in [-0.3, -0.25) is 0 Å². The molecule has 1 aromatic carbocycles. The number of nitrogens with zero attached hydrogens (tertiary/aromatic N) is 2. The lowest BCUT2D eigenvalue weighted by molar-refractivity contribution is 0.845. The van der Waals surface area contributed by atoms with E-state index in [1.54, 1.807) is 0 Å². The Morgan fingerprint density at radius 1 is 1.15 bits per heavy atom. The molecule has 0 bridgehead atoms. The highest BCUT2D eigenvalue weighted by molar-refractivity contribution is 5.51. The summed E-state index contributed by atoms with van der Waals surface area (Å²) in [6, 6.07) is 8.49. The van der Waals surface area contributed by atoms with Crippen molar-refractivity contribution in [1.29, 1.82) is 0 Å². The lowest BCUT2D eigenvalue weighted by atomic mass is 10.1. The monoisotopic (exact) mass is 274 g/mol. The van der Waals surface area contributed by atoms with E-state index in [2.05, 4.69) is 63.1 Å². The molecule has 0 saturated heterocycles. The van der Waals surface area contributed by atoms with Gasteiger partial charge in [0.15, 0.2) is 0 Å². The fraction of sp³-hybridized carbons (Fsp3) is 0.500. The van der Waals surface area contributed by atoms with Gasteiger partial charge in [-0.15, -0.1) is 0 Å². The minimum atomic E-state index is 1.06. The maximum atomic E-state index is 4.09. The van der Waals surface area contributed by atoms with Crippen molar-refractivity contribution in [3.63, 3.8) is 0 Å². The molecular weight excluding hydrogens is 244 g/mol. The Hall–Kier alpha value is -1.57. The fourth-order valence-corrected chi connectivity index (χ4v) is 1.91. The molecule has 112 valence electrons. The second kappa shape index (κ2) is 11.3. The first-order chi connectivity index (χ1) is 9.74. The molecule has 0 aliphatic rings. The molecule has 1 aromatic rings. The van der Waals surface area contributed by atoms with Crippen molar-refractivity contribution in [2.45, 2.75) is 60.3 Å². The minimum absolute atomic E-state index is 1.06. The Bertz CT molecular complexity index is 390. The fourth-order valence-electron chi connectivity index (χ4n) is 1.91. The van der Waals surface area contributed by atoms with E-state index in [4.69, 9.17) is 0 Å². The van der Waals surface area contributed by atoms with Gasteiger partial charge < -0.3 is 0 Å². The van der Waals surface area contributed by atoms with E-state index in [1.165, 1.54) is 17.6 Å². The normalized spacial score (nSPS) is 10.6. The van der Waals surface area contributed by atoms with Gasteiger partial charge in [0.25, 0.3) is 0 Å². The zero-order valence-corrected chi connectivity index (χ0v) is 13.8. The van der Waals surface area contributed by atoms with Crippen LogP contribution in [0.1, 0.15) is 59.4 Å². The molecule has 0 aromatic heterocycles. The molecule has 0 aliphatic carbocycles. The van der Waals surface area contributed by atoms with Crippen LogP contribution in [0.2, 0.25) is 0 Å². The van der Waals surface area contributed by atoms with Crippen LogP contribution < -0.4 is 5.01 Å². The number of aryl methyl sites for hydroxylation is 1. The smallest absolute Gasteiger partial charge is 0.0645 e. The standard InChI is InChI=1S/C16H24N2.C2H6/c1-5-8-15(7-3)13-18(17-4)16-11-9-14(6-2)10-12-16;1-2/h9-13H,4-8H2,1-3H3;1-2H3/b15-13-;. The van der Waals surface area contributed by atoms with Gasteiger partial charge >= 0.3 is 0 Å². The summed E-state index contributed by atoms with van der Waals surface area (Å²) in [5.41, 5.74) is 3.82. The highest BCUT2D eigenvalue weighted by Gasteiger charge is 2.02. The molecule has 0 atom stereocenters. The van der Waals surface area contributed by atoms with Crippen LogP contribution in [0, 0.1) is 0 Å². The van der Waals surface area contributed by atoms with Crippen LogP contribution in [0.25, 0.3) is 0 Å². The van der Waals surface area contributed by atoms with Crippen LogP contribution in [0.3, 0.4) is 0 Å². The second-order valence-corrected chi connectivity index (χ2v) is 4.40. The Kier molecular flexibility index (Phi) is 10.4. The van der Waals surface area contributed by atoms with Crippen molar-refractivity contribution in [2.75, 3.05) is 5.01 Å². The van der Waals surface area contributed by atoms with Gasteiger partial charge in [0.1, 0.15) is 0 Å². The number of hydrogen-bond acceptors (Lipinski definition) is 2. The Morgan fingerprint density at radius 3 is 2.15 bits per heavy atom. The molecule has 0 fully saturated rings. The van der Waals surface area contributed by atoms with Crippen LogP contribution in [-0.4, -0.2) is 6.72 Å². The molecule has 0 aliphatic heterocycles. The van der Waals surface area contributed by atoms with Crippen molar-refractivity contribution in [2.24, 2.45) is 5.10 Å². The Balaban J connectivity index is 0.00000172. The maximum Gasteiger partial charge on any atom is 0.0645 e. The number of rotatable bonds is 7. The van der Waals surface area contributed by atoms with Crippen molar-refractivity contribution in [1.82, 2.24) is 0 Å². The van der Waals surface area contributed by atoms with Gasteiger partial charge in [-0.25, -0.2) is 5.01 Å². The summed E-state index contributed by atoms with van der Waals surface area (Å²) in [4.78, 5) is 0. The summed E-state index contributed by atoms with van der Waals surface area (Å²) in [5, 5.41) is 5.96. The van der Waals surface area contributed by atoms with Crippen molar-refractivity contribution >= 4 is 12.4 Å². The van der Waals surface area contributed by atoms with Crippen LogP contribution in [0.5, 0.6) is 0 Å². The van der Waals surface area contributed by atoms with E-state index in [0.717, 1.165) is 24.9 Å². The van der Waals surface area contributed by atoms with Crippen molar-refractivity contribution in [3.05, 3.63) is 41.6 Å². The van der Waals surface area contributed by atoms with Gasteiger partial charge in [-0.05, 0) is 37.0 Å². The van der Waals surface area contributed by atoms with Crippen molar-refractivity contribution < 1.29 is 0 Å². The molecule has 0 unspecified atom stereocenters. The second-order valence-electron chi connectivity index (χ2n) is 4.40. The zero-order chi connectivity index (χ0) is 15.4. The van der Waals surface area contributed by atoms with E-state index >= 15 is 0 Å². The lowest BCUT2D eigenvalue weighted by Crippen LogP contribution is -2.08. The molecular formula is C18H30N2. The maximum absolute atomic E-state index is 4.09. The topological polar surface area (TPSA) is 15.6 Å². The SMILES string of the molecule is C=NN(/C=C(/CC)CCC)c1ccc(CC)cc1.CC. The summed E-state index contributed by atoms with van der Waals surface area (Å²) in [6.45, 7) is 14.2. The Morgan fingerprint density at radius 2 is 1.75 bits per heavy atom. The molecule has 2 nitrogen and oxygen atoms in total. The highest BCUT2D eigenvalue weighted by atomic mass is 15.4. The summed E-state index contributed by atoms with van der Waals surface area (Å²) in [6.07, 6.45) is 6.52. The molecule has 0 radical (unpaired) electrons. The van der Waals surface area contributed by atoms with E-state index in [0.29, 0.717) is 0 Å². The molecule has 0 saturated carbocycles. The molecule has 0 heterocycles. The number of hydrazone groups is 1. The van der Waals surface area contributed by atoms with E-state index < -0.39 is 0 Å². The molecule has 0 amide bonds. The molecule has 0 N–H and O–H groups in total. The first kappa shape index (κ1) is 18.4. The average Bonchev–Trinajstić information content (AvgIpc) is 2.53. The lowest BCUT2D eigenvalue weighted by Gasteiger charge is -2.16. The quantitative estimate of drug-likeness (QED) is 0.454. The third kappa shape index (κ3) is 6.05. The average molecular weight is 274 g/mol. The number of allylic oxidation sites excluding steroid dienone is 1. The molecule has 2 heteroatoms. The number of benzene rings is 1. The van der Waals surface area contributed by atoms with Gasteiger partial charge in [-0.1, -0.05) is 58.7 Å². The van der Waals surface area contributed by atoms with Gasteiger partial charge in [0, 0.05) is 12.9 Å². The van der Waals surface area contributed by atoms with Crippen LogP contribution in [-0.2, 0) is 6.42 Å². The summed E-state index contributed by atoms with van der Waals surface area (Å²) >= 11 is 0. The van der Waals surface area contributed by atoms with Crippen LogP contribution in [0.15, 0.2) is 41.1 Å². The highest BCUT2D eigenvalue weighted by Crippen LogP contribution is 2.19. The Labute approximate surface area is 125 Å². The predicted molar refractivity (Wildman–Crippen MR) is 92.5 cm³/mol. The zero-order valence-electron chi connectivity index (χ0n) is 13.8. The summed E-state index contributed by atoms with van der Waals surface area (Å²) < 4.78 is 0. The predicted octanol–water partition coefficient (Wildman–Crippen LogP) is 5.79. The third-order valence-corrected chi connectivity index (χ3v) is 3.09. The van der Waals surface area contributed by atoms with Gasteiger partial charge in [-0.2, -0.15) is 5.10 Å². The number of hydrogen-bond donors (Lipinski definition) is 0. The van der Waals surface area contributed by atoms with Gasteiger partial charge in [0.05, 0.1) is 5.69 Å². The van der Waals surface area contributed by atoms with E-state index in [9.17, 15) is 0 Å². The van der Waals surface area contributed by atoms with Crippen molar-refractivity contribution in [3.8, 4) is 0 Å². The first-order valence-electron chi connectivity index (χ1n) is 7.79.